The monoisotopic (exact) mass is 309 g/mol. The van der Waals surface area contributed by atoms with E-state index in [0.717, 1.165) is 10.8 Å². The molecule has 0 saturated heterocycles. The molecule has 3 rings (SSSR count). The van der Waals surface area contributed by atoms with Gasteiger partial charge in [-0.05, 0) is 42.0 Å². The number of carbonyl (C=O) groups is 1. The van der Waals surface area contributed by atoms with E-state index in [2.05, 4.69) is 5.32 Å². The quantitative estimate of drug-likeness (QED) is 0.763. The topological polar surface area (TPSA) is 38.3 Å². The summed E-state index contributed by atoms with van der Waals surface area (Å²) in [6.45, 7) is 2.32. The second-order valence-corrected chi connectivity index (χ2v) is 5.06. The molecule has 1 N–H and O–H groups in total. The zero-order chi connectivity index (χ0) is 16.2. The van der Waals surface area contributed by atoms with Crippen LogP contribution in [0.2, 0.25) is 0 Å². The fraction of sp³-hybridized carbons (Fsp3) is 0.105. The van der Waals surface area contributed by atoms with E-state index in [9.17, 15) is 9.18 Å². The number of carbonyl (C=O) groups excluding carboxylic acids is 1. The number of rotatable bonds is 4. The van der Waals surface area contributed by atoms with Gasteiger partial charge < -0.3 is 10.1 Å². The van der Waals surface area contributed by atoms with Gasteiger partial charge in [0, 0.05) is 5.69 Å². The molecule has 0 aliphatic carbocycles. The Morgan fingerprint density at radius 2 is 1.91 bits per heavy atom. The SMILES string of the molecule is CCOc1ccc2ccccc2c1C(=O)Nc1cccc(F)c1. The zero-order valence-corrected chi connectivity index (χ0v) is 12.7. The summed E-state index contributed by atoms with van der Waals surface area (Å²) < 4.78 is 18.9. The van der Waals surface area contributed by atoms with Gasteiger partial charge in [-0.25, -0.2) is 4.39 Å². The van der Waals surface area contributed by atoms with Crippen molar-refractivity contribution in [3.8, 4) is 5.75 Å². The lowest BCUT2D eigenvalue weighted by atomic mass is 10.0. The first-order valence-electron chi connectivity index (χ1n) is 7.40. The summed E-state index contributed by atoms with van der Waals surface area (Å²) in [4.78, 5) is 12.7. The maximum atomic E-state index is 13.3. The van der Waals surface area contributed by atoms with Crippen LogP contribution in [0, 0.1) is 5.82 Å². The van der Waals surface area contributed by atoms with Gasteiger partial charge in [0.1, 0.15) is 11.6 Å². The van der Waals surface area contributed by atoms with Crippen LogP contribution in [0.3, 0.4) is 0 Å². The molecule has 3 aromatic carbocycles. The van der Waals surface area contributed by atoms with Gasteiger partial charge in [-0.2, -0.15) is 0 Å². The molecule has 0 saturated carbocycles. The van der Waals surface area contributed by atoms with Crippen molar-refractivity contribution in [3.05, 3.63) is 72.0 Å². The molecule has 0 unspecified atom stereocenters. The van der Waals surface area contributed by atoms with Gasteiger partial charge in [0.2, 0.25) is 0 Å². The molecule has 0 fully saturated rings. The Kier molecular flexibility index (Phi) is 4.24. The molecule has 0 radical (unpaired) electrons. The molecule has 0 aromatic heterocycles. The molecular formula is C19H16FNO2. The van der Waals surface area contributed by atoms with Crippen LogP contribution in [-0.4, -0.2) is 12.5 Å². The average Bonchev–Trinajstić information content (AvgIpc) is 2.54. The first-order chi connectivity index (χ1) is 11.2. The highest BCUT2D eigenvalue weighted by Gasteiger charge is 2.17. The van der Waals surface area contributed by atoms with E-state index in [4.69, 9.17) is 4.74 Å². The van der Waals surface area contributed by atoms with Crippen molar-refractivity contribution in [2.75, 3.05) is 11.9 Å². The van der Waals surface area contributed by atoms with Gasteiger partial charge in [-0.3, -0.25) is 4.79 Å². The Balaban J connectivity index is 2.05. The molecule has 116 valence electrons. The van der Waals surface area contributed by atoms with E-state index in [1.807, 2.05) is 37.3 Å². The predicted octanol–water partition coefficient (Wildman–Crippen LogP) is 4.63. The lowest BCUT2D eigenvalue weighted by Crippen LogP contribution is -2.14. The van der Waals surface area contributed by atoms with Crippen LogP contribution in [0.4, 0.5) is 10.1 Å². The molecule has 0 atom stereocenters. The van der Waals surface area contributed by atoms with Crippen LogP contribution in [-0.2, 0) is 0 Å². The smallest absolute Gasteiger partial charge is 0.260 e. The molecule has 23 heavy (non-hydrogen) atoms. The van der Waals surface area contributed by atoms with Crippen LogP contribution in [0.25, 0.3) is 10.8 Å². The van der Waals surface area contributed by atoms with E-state index in [0.29, 0.717) is 23.6 Å². The van der Waals surface area contributed by atoms with E-state index < -0.39 is 5.82 Å². The number of halogens is 1. The maximum absolute atomic E-state index is 13.3. The normalized spacial score (nSPS) is 10.5. The van der Waals surface area contributed by atoms with Gasteiger partial charge in [-0.15, -0.1) is 0 Å². The van der Waals surface area contributed by atoms with Crippen molar-refractivity contribution in [2.24, 2.45) is 0 Å². The number of hydrogen-bond donors (Lipinski definition) is 1. The second-order valence-electron chi connectivity index (χ2n) is 5.06. The first-order valence-corrected chi connectivity index (χ1v) is 7.40. The summed E-state index contributed by atoms with van der Waals surface area (Å²) in [5, 5.41) is 4.47. The second kappa shape index (κ2) is 6.48. The number of benzene rings is 3. The fourth-order valence-electron chi connectivity index (χ4n) is 2.52. The van der Waals surface area contributed by atoms with Crippen molar-refractivity contribution >= 4 is 22.4 Å². The van der Waals surface area contributed by atoms with Crippen LogP contribution in [0.5, 0.6) is 5.75 Å². The van der Waals surface area contributed by atoms with Crippen molar-refractivity contribution in [1.29, 1.82) is 0 Å². The maximum Gasteiger partial charge on any atom is 0.260 e. The minimum atomic E-state index is -0.397. The van der Waals surface area contributed by atoms with Crippen LogP contribution >= 0.6 is 0 Å². The van der Waals surface area contributed by atoms with Crippen molar-refractivity contribution in [3.63, 3.8) is 0 Å². The molecule has 1 amide bonds. The highest BCUT2D eigenvalue weighted by molar-refractivity contribution is 6.15. The predicted molar refractivity (Wildman–Crippen MR) is 89.5 cm³/mol. The molecule has 0 spiro atoms. The van der Waals surface area contributed by atoms with Crippen LogP contribution in [0.1, 0.15) is 17.3 Å². The third kappa shape index (κ3) is 3.16. The summed E-state index contributed by atoms with van der Waals surface area (Å²) in [5.41, 5.74) is 0.861. The lowest BCUT2D eigenvalue weighted by molar-refractivity contribution is 0.102. The third-order valence-corrected chi connectivity index (χ3v) is 3.50. The molecular weight excluding hydrogens is 293 g/mol. The van der Waals surface area contributed by atoms with Gasteiger partial charge in [-0.1, -0.05) is 36.4 Å². The van der Waals surface area contributed by atoms with E-state index in [1.54, 1.807) is 18.2 Å². The van der Waals surface area contributed by atoms with Crippen molar-refractivity contribution in [1.82, 2.24) is 0 Å². The minimum Gasteiger partial charge on any atom is -0.493 e. The summed E-state index contributed by atoms with van der Waals surface area (Å²) in [5.74, 6) is -0.207. The number of anilines is 1. The first kappa shape index (κ1) is 15.0. The molecule has 3 aromatic rings. The Hall–Kier alpha value is -2.88. The molecule has 0 heterocycles. The lowest BCUT2D eigenvalue weighted by Gasteiger charge is -2.13. The number of fused-ring (bicyclic) bond motifs is 1. The summed E-state index contributed by atoms with van der Waals surface area (Å²) >= 11 is 0. The van der Waals surface area contributed by atoms with Crippen molar-refractivity contribution < 1.29 is 13.9 Å². The molecule has 4 heteroatoms. The summed E-state index contributed by atoms with van der Waals surface area (Å²) in [6.07, 6.45) is 0. The molecule has 3 nitrogen and oxygen atoms in total. The summed E-state index contributed by atoms with van der Waals surface area (Å²) in [6, 6.07) is 17.1. The largest absolute Gasteiger partial charge is 0.493 e. The third-order valence-electron chi connectivity index (χ3n) is 3.50. The average molecular weight is 309 g/mol. The number of nitrogens with one attached hydrogen (secondary N) is 1. The Labute approximate surface area is 133 Å². The molecule has 0 aliphatic heterocycles. The van der Waals surface area contributed by atoms with Gasteiger partial charge in [0.05, 0.1) is 12.2 Å². The van der Waals surface area contributed by atoms with Gasteiger partial charge in [0.25, 0.3) is 5.91 Å². The number of amides is 1. The van der Waals surface area contributed by atoms with E-state index in [-0.39, 0.29) is 5.91 Å². The Morgan fingerprint density at radius 3 is 2.70 bits per heavy atom. The Morgan fingerprint density at radius 1 is 1.09 bits per heavy atom. The highest BCUT2D eigenvalue weighted by Crippen LogP contribution is 2.29. The standard InChI is InChI=1S/C19H16FNO2/c1-2-23-17-11-10-13-6-3-4-9-16(13)18(17)19(22)21-15-8-5-7-14(20)12-15/h3-12H,2H2,1H3,(H,21,22). The van der Waals surface area contributed by atoms with Crippen LogP contribution < -0.4 is 10.1 Å². The molecule has 0 bridgehead atoms. The minimum absolute atomic E-state index is 0.323. The Bertz CT molecular complexity index is 861. The molecule has 0 aliphatic rings. The summed E-state index contributed by atoms with van der Waals surface area (Å²) in [7, 11) is 0. The van der Waals surface area contributed by atoms with Crippen LogP contribution in [0.15, 0.2) is 60.7 Å². The fourth-order valence-corrected chi connectivity index (χ4v) is 2.52. The highest BCUT2D eigenvalue weighted by atomic mass is 19.1. The van der Waals surface area contributed by atoms with Gasteiger partial charge in [0.15, 0.2) is 0 Å². The zero-order valence-electron chi connectivity index (χ0n) is 12.7. The number of hydrogen-bond acceptors (Lipinski definition) is 2. The number of ether oxygens (including phenoxy) is 1. The van der Waals surface area contributed by atoms with E-state index in [1.165, 1.54) is 12.1 Å². The van der Waals surface area contributed by atoms with Crippen molar-refractivity contribution in [2.45, 2.75) is 6.92 Å². The van der Waals surface area contributed by atoms with Gasteiger partial charge >= 0.3 is 0 Å². The van der Waals surface area contributed by atoms with E-state index >= 15 is 0 Å².